The molecular weight excluding hydrogens is 406 g/mol. The molecule has 2 atom stereocenters. The summed E-state index contributed by atoms with van der Waals surface area (Å²) in [5, 5.41) is 16.9. The Morgan fingerprint density at radius 2 is 1.81 bits per heavy atom. The fourth-order valence-electron chi connectivity index (χ4n) is 4.41. The number of piperidine rings is 1. The van der Waals surface area contributed by atoms with Gasteiger partial charge in [0.05, 0.1) is 11.7 Å². The van der Waals surface area contributed by atoms with Gasteiger partial charge in [-0.2, -0.15) is 0 Å². The molecule has 2 unspecified atom stereocenters. The molecule has 1 fully saturated rings. The molecule has 0 aliphatic carbocycles. The van der Waals surface area contributed by atoms with Crippen LogP contribution in [0.5, 0.6) is 5.75 Å². The summed E-state index contributed by atoms with van der Waals surface area (Å²) < 4.78 is 6.12. The number of hydrogen-bond donors (Lipinski definition) is 3. The van der Waals surface area contributed by atoms with Crippen molar-refractivity contribution in [1.29, 1.82) is 0 Å². The summed E-state index contributed by atoms with van der Waals surface area (Å²) >= 11 is 0. The Morgan fingerprint density at radius 1 is 1.12 bits per heavy atom. The number of nitrogens with one attached hydrogen (secondary N) is 2. The summed E-state index contributed by atoms with van der Waals surface area (Å²) in [6.45, 7) is 3.78. The van der Waals surface area contributed by atoms with Crippen molar-refractivity contribution in [3.8, 4) is 5.75 Å². The minimum atomic E-state index is -0.698. The van der Waals surface area contributed by atoms with Gasteiger partial charge in [-0.3, -0.25) is 9.59 Å². The van der Waals surface area contributed by atoms with E-state index in [2.05, 4.69) is 22.8 Å². The minimum Gasteiger partial charge on any atom is -0.489 e. The van der Waals surface area contributed by atoms with Crippen LogP contribution in [0.1, 0.15) is 41.3 Å². The normalized spacial score (nSPS) is 19.7. The number of amides is 2. The molecule has 0 spiro atoms. The van der Waals surface area contributed by atoms with E-state index < -0.39 is 6.10 Å². The molecule has 3 N–H and O–H groups in total. The second-order valence-corrected chi connectivity index (χ2v) is 8.56. The van der Waals surface area contributed by atoms with Crippen molar-refractivity contribution >= 4 is 11.8 Å². The number of aliphatic hydroxyl groups excluding tert-OH is 1. The third-order valence-electron chi connectivity index (χ3n) is 6.36. The highest BCUT2D eigenvalue weighted by Crippen LogP contribution is 2.23. The van der Waals surface area contributed by atoms with E-state index in [4.69, 9.17) is 4.74 Å². The first-order valence-corrected chi connectivity index (χ1v) is 11.3. The van der Waals surface area contributed by atoms with Crippen molar-refractivity contribution in [1.82, 2.24) is 15.5 Å². The number of hydrogen-bond acceptors (Lipinski definition) is 5. The van der Waals surface area contributed by atoms with Gasteiger partial charge in [0.1, 0.15) is 11.9 Å². The van der Waals surface area contributed by atoms with Crippen LogP contribution in [0.4, 0.5) is 0 Å². The molecule has 2 heterocycles. The van der Waals surface area contributed by atoms with E-state index in [1.807, 2.05) is 23.1 Å². The van der Waals surface area contributed by atoms with Gasteiger partial charge in [-0.15, -0.1) is 0 Å². The van der Waals surface area contributed by atoms with Gasteiger partial charge in [-0.05, 0) is 29.7 Å². The first-order chi connectivity index (χ1) is 15.5. The number of aliphatic hydroxyl groups is 1. The zero-order chi connectivity index (χ0) is 22.5. The van der Waals surface area contributed by atoms with Crippen molar-refractivity contribution in [2.45, 2.75) is 51.0 Å². The molecule has 2 aromatic rings. The van der Waals surface area contributed by atoms with Crippen molar-refractivity contribution in [2.75, 3.05) is 19.6 Å². The Morgan fingerprint density at radius 3 is 2.56 bits per heavy atom. The maximum atomic E-state index is 12.9. The molecular formula is C25H31N3O4. The fraction of sp³-hybridized carbons (Fsp3) is 0.440. The van der Waals surface area contributed by atoms with Crippen molar-refractivity contribution in [2.24, 2.45) is 0 Å². The lowest BCUT2D eigenvalue weighted by atomic mass is 9.93. The molecule has 1 saturated heterocycles. The van der Waals surface area contributed by atoms with E-state index in [1.165, 1.54) is 11.1 Å². The maximum absolute atomic E-state index is 12.9. The standard InChI is InChI=1S/C25H31N3O4/c1-17(29)28-12-10-20(11-13-28)32-24-9-5-4-8-21(24)25(31)27-16-23(30)22-14-18-6-2-3-7-19(18)15-26-22/h2-9,20,22-23,26,30H,10-16H2,1H3,(H,27,31). The van der Waals surface area contributed by atoms with Crippen molar-refractivity contribution in [3.05, 3.63) is 65.2 Å². The van der Waals surface area contributed by atoms with Gasteiger partial charge < -0.3 is 25.4 Å². The molecule has 32 heavy (non-hydrogen) atoms. The average molecular weight is 438 g/mol. The highest BCUT2D eigenvalue weighted by molar-refractivity contribution is 5.96. The number of ether oxygens (including phenoxy) is 1. The number of carbonyl (C=O) groups excluding carboxylic acids is 2. The second kappa shape index (κ2) is 10.1. The summed E-state index contributed by atoms with van der Waals surface area (Å²) in [4.78, 5) is 26.2. The summed E-state index contributed by atoms with van der Waals surface area (Å²) in [6.07, 6.45) is 1.48. The number of nitrogens with zero attached hydrogens (tertiary/aromatic N) is 1. The lowest BCUT2D eigenvalue weighted by Gasteiger charge is -2.32. The molecule has 170 valence electrons. The predicted molar refractivity (Wildman–Crippen MR) is 121 cm³/mol. The van der Waals surface area contributed by atoms with Crippen LogP contribution in [0, 0.1) is 0 Å². The van der Waals surface area contributed by atoms with Gasteiger partial charge in [-0.25, -0.2) is 0 Å². The zero-order valence-electron chi connectivity index (χ0n) is 18.4. The zero-order valence-corrected chi connectivity index (χ0v) is 18.4. The molecule has 0 radical (unpaired) electrons. The predicted octanol–water partition coefficient (Wildman–Crippen LogP) is 1.88. The van der Waals surface area contributed by atoms with Crippen molar-refractivity contribution < 1.29 is 19.4 Å². The number of para-hydroxylation sites is 1. The Labute approximate surface area is 188 Å². The fourth-order valence-corrected chi connectivity index (χ4v) is 4.41. The summed E-state index contributed by atoms with van der Waals surface area (Å²) in [7, 11) is 0. The summed E-state index contributed by atoms with van der Waals surface area (Å²) in [6, 6.07) is 15.3. The average Bonchev–Trinajstić information content (AvgIpc) is 2.82. The SMILES string of the molecule is CC(=O)N1CCC(Oc2ccccc2C(=O)NCC(O)C2Cc3ccccc3CN2)CC1. The topological polar surface area (TPSA) is 90.9 Å². The highest BCUT2D eigenvalue weighted by Gasteiger charge is 2.26. The van der Waals surface area contributed by atoms with Crippen LogP contribution in [0.3, 0.4) is 0 Å². The highest BCUT2D eigenvalue weighted by atomic mass is 16.5. The Hall–Kier alpha value is -2.90. The Balaban J connectivity index is 1.32. The third-order valence-corrected chi connectivity index (χ3v) is 6.36. The molecule has 7 nitrogen and oxygen atoms in total. The largest absolute Gasteiger partial charge is 0.489 e. The van der Waals surface area contributed by atoms with Crippen LogP contribution >= 0.6 is 0 Å². The van der Waals surface area contributed by atoms with Crippen LogP contribution in [-0.4, -0.2) is 59.7 Å². The second-order valence-electron chi connectivity index (χ2n) is 8.56. The Kier molecular flexibility index (Phi) is 7.07. The number of rotatable bonds is 6. The van der Waals surface area contributed by atoms with E-state index in [-0.39, 0.29) is 30.5 Å². The van der Waals surface area contributed by atoms with Crippen LogP contribution in [0.2, 0.25) is 0 Å². The molecule has 2 aliphatic heterocycles. The van der Waals surface area contributed by atoms with E-state index in [9.17, 15) is 14.7 Å². The summed E-state index contributed by atoms with van der Waals surface area (Å²) in [5.74, 6) is 0.347. The molecule has 2 aliphatic rings. The first kappa shape index (κ1) is 22.3. The molecule has 4 rings (SSSR count). The van der Waals surface area contributed by atoms with Gasteiger partial charge in [0.2, 0.25) is 5.91 Å². The maximum Gasteiger partial charge on any atom is 0.255 e. The van der Waals surface area contributed by atoms with Crippen LogP contribution < -0.4 is 15.4 Å². The number of benzene rings is 2. The number of likely N-dealkylation sites (tertiary alicyclic amines) is 1. The lowest BCUT2D eigenvalue weighted by molar-refractivity contribution is -0.130. The van der Waals surface area contributed by atoms with E-state index >= 15 is 0 Å². The van der Waals surface area contributed by atoms with E-state index in [1.54, 1.807) is 25.1 Å². The Bertz CT molecular complexity index is 956. The van der Waals surface area contributed by atoms with Gasteiger partial charge in [0.15, 0.2) is 0 Å². The van der Waals surface area contributed by atoms with Crippen molar-refractivity contribution in [3.63, 3.8) is 0 Å². The van der Waals surface area contributed by atoms with Gasteiger partial charge in [0, 0.05) is 52.0 Å². The van der Waals surface area contributed by atoms with Gasteiger partial charge >= 0.3 is 0 Å². The molecule has 2 aromatic carbocycles. The molecule has 0 saturated carbocycles. The molecule has 0 bridgehead atoms. The number of fused-ring (bicyclic) bond motifs is 1. The van der Waals surface area contributed by atoms with Crippen LogP contribution in [0.15, 0.2) is 48.5 Å². The van der Waals surface area contributed by atoms with Crippen LogP contribution in [-0.2, 0) is 17.8 Å². The van der Waals surface area contributed by atoms with E-state index in [0.717, 1.165) is 19.3 Å². The van der Waals surface area contributed by atoms with Gasteiger partial charge in [0.25, 0.3) is 5.91 Å². The monoisotopic (exact) mass is 437 g/mol. The lowest BCUT2D eigenvalue weighted by Crippen LogP contribution is -2.49. The number of carbonyl (C=O) groups is 2. The molecule has 0 aromatic heterocycles. The third kappa shape index (κ3) is 5.29. The molecule has 2 amide bonds. The quantitative estimate of drug-likeness (QED) is 0.642. The van der Waals surface area contributed by atoms with Gasteiger partial charge in [-0.1, -0.05) is 36.4 Å². The van der Waals surface area contributed by atoms with E-state index in [0.29, 0.717) is 30.9 Å². The minimum absolute atomic E-state index is 0.0309. The first-order valence-electron chi connectivity index (χ1n) is 11.3. The van der Waals surface area contributed by atoms with Crippen LogP contribution in [0.25, 0.3) is 0 Å². The molecule has 7 heteroatoms. The smallest absolute Gasteiger partial charge is 0.255 e. The summed E-state index contributed by atoms with van der Waals surface area (Å²) in [5.41, 5.74) is 2.94.